The third-order valence-electron chi connectivity index (χ3n) is 6.26. The molecule has 2 aromatic carbocycles. The van der Waals surface area contributed by atoms with Crippen molar-refractivity contribution in [2.75, 3.05) is 25.2 Å². The van der Waals surface area contributed by atoms with Crippen LogP contribution in [-0.2, 0) is 4.74 Å². The summed E-state index contributed by atoms with van der Waals surface area (Å²) in [6.07, 6.45) is 2.19. The standard InChI is InChI=1S/C26H27FN4O/c1-17-6-8-20(9-7-17)25-18(2)29-31-23(19-10-12-21(27)13-11-19)15-24(28-26(25)31)30-14-4-5-22(30)16-32-3/h6-13,15,22H,4-5,14,16H2,1-3H3/t22-/m0/s1. The summed E-state index contributed by atoms with van der Waals surface area (Å²) in [7, 11) is 1.74. The molecule has 0 N–H and O–H groups in total. The number of nitrogens with zero attached hydrogens (tertiary/aromatic N) is 4. The van der Waals surface area contributed by atoms with Gasteiger partial charge in [0.2, 0.25) is 0 Å². The van der Waals surface area contributed by atoms with Crippen LogP contribution in [0.3, 0.4) is 0 Å². The predicted molar refractivity (Wildman–Crippen MR) is 126 cm³/mol. The Morgan fingerprint density at radius 2 is 1.75 bits per heavy atom. The van der Waals surface area contributed by atoms with Crippen LogP contribution in [0.2, 0.25) is 0 Å². The number of ether oxygens (including phenoxy) is 1. The van der Waals surface area contributed by atoms with Gasteiger partial charge in [0.15, 0.2) is 5.65 Å². The number of halogens is 1. The quantitative estimate of drug-likeness (QED) is 0.423. The summed E-state index contributed by atoms with van der Waals surface area (Å²) in [5, 5.41) is 4.85. The minimum Gasteiger partial charge on any atom is -0.383 e. The molecular formula is C26H27FN4O. The van der Waals surface area contributed by atoms with Gasteiger partial charge in [0, 0.05) is 30.8 Å². The van der Waals surface area contributed by atoms with Gasteiger partial charge in [0.1, 0.15) is 11.6 Å². The van der Waals surface area contributed by atoms with Crippen LogP contribution in [0.1, 0.15) is 24.1 Å². The lowest BCUT2D eigenvalue weighted by Gasteiger charge is -2.26. The average Bonchev–Trinajstić information content (AvgIpc) is 3.38. The molecule has 5 rings (SSSR count). The van der Waals surface area contributed by atoms with E-state index in [0.29, 0.717) is 12.6 Å². The van der Waals surface area contributed by atoms with Crippen molar-refractivity contribution in [2.24, 2.45) is 0 Å². The van der Waals surface area contributed by atoms with Gasteiger partial charge in [-0.1, -0.05) is 29.8 Å². The van der Waals surface area contributed by atoms with Crippen molar-refractivity contribution in [1.82, 2.24) is 14.6 Å². The summed E-state index contributed by atoms with van der Waals surface area (Å²) < 4.78 is 21.0. The number of benzene rings is 2. The third-order valence-corrected chi connectivity index (χ3v) is 6.26. The highest BCUT2D eigenvalue weighted by Gasteiger charge is 2.27. The minimum absolute atomic E-state index is 0.254. The van der Waals surface area contributed by atoms with Crippen LogP contribution in [0.4, 0.5) is 10.2 Å². The average molecular weight is 431 g/mol. The second kappa shape index (κ2) is 8.36. The van der Waals surface area contributed by atoms with Crippen molar-refractivity contribution in [3.05, 3.63) is 71.7 Å². The summed E-state index contributed by atoms with van der Waals surface area (Å²) in [6, 6.07) is 17.4. The number of hydrogen-bond donors (Lipinski definition) is 0. The molecule has 4 aromatic rings. The predicted octanol–water partition coefficient (Wildman–Crippen LogP) is 5.43. The first-order valence-corrected chi connectivity index (χ1v) is 11.0. The first-order valence-electron chi connectivity index (χ1n) is 11.0. The van der Waals surface area contributed by atoms with Gasteiger partial charge in [-0.2, -0.15) is 5.10 Å². The van der Waals surface area contributed by atoms with E-state index < -0.39 is 0 Å². The molecule has 1 aliphatic heterocycles. The smallest absolute Gasteiger partial charge is 0.166 e. The minimum atomic E-state index is -0.254. The summed E-state index contributed by atoms with van der Waals surface area (Å²) in [6.45, 7) is 5.70. The fourth-order valence-corrected chi connectivity index (χ4v) is 4.65. The Kier molecular flexibility index (Phi) is 5.39. The largest absolute Gasteiger partial charge is 0.383 e. The Morgan fingerprint density at radius 3 is 2.47 bits per heavy atom. The van der Waals surface area contributed by atoms with Crippen LogP contribution < -0.4 is 4.90 Å². The first kappa shape index (κ1) is 20.6. The molecule has 6 heteroatoms. The first-order chi connectivity index (χ1) is 15.5. The number of methoxy groups -OCH3 is 1. The van der Waals surface area contributed by atoms with Crippen molar-refractivity contribution < 1.29 is 9.13 Å². The summed E-state index contributed by atoms with van der Waals surface area (Å²) >= 11 is 0. The fourth-order valence-electron chi connectivity index (χ4n) is 4.65. The highest BCUT2D eigenvalue weighted by Crippen LogP contribution is 2.34. The van der Waals surface area contributed by atoms with Gasteiger partial charge in [0.05, 0.1) is 24.0 Å². The molecule has 2 aromatic heterocycles. The van der Waals surface area contributed by atoms with E-state index in [4.69, 9.17) is 14.8 Å². The van der Waals surface area contributed by atoms with Gasteiger partial charge in [-0.3, -0.25) is 0 Å². The molecule has 1 fully saturated rings. The molecule has 1 atom stereocenters. The van der Waals surface area contributed by atoms with E-state index in [2.05, 4.69) is 42.2 Å². The maximum Gasteiger partial charge on any atom is 0.166 e. The zero-order valence-corrected chi connectivity index (χ0v) is 18.7. The van der Waals surface area contributed by atoms with E-state index >= 15 is 0 Å². The van der Waals surface area contributed by atoms with Crippen LogP contribution in [0.25, 0.3) is 28.0 Å². The van der Waals surface area contributed by atoms with Crippen molar-refractivity contribution in [3.8, 4) is 22.4 Å². The zero-order valence-electron chi connectivity index (χ0n) is 18.7. The van der Waals surface area contributed by atoms with Crippen molar-refractivity contribution in [2.45, 2.75) is 32.7 Å². The lowest BCUT2D eigenvalue weighted by atomic mass is 10.0. The highest BCUT2D eigenvalue weighted by molar-refractivity contribution is 5.83. The number of aromatic nitrogens is 3. The van der Waals surface area contributed by atoms with Gasteiger partial charge in [-0.05, 0) is 56.5 Å². The van der Waals surface area contributed by atoms with E-state index in [1.807, 2.05) is 11.4 Å². The molecule has 0 aliphatic carbocycles. The van der Waals surface area contributed by atoms with Gasteiger partial charge < -0.3 is 9.64 Å². The lowest BCUT2D eigenvalue weighted by molar-refractivity contribution is 0.180. The molecule has 5 nitrogen and oxygen atoms in total. The lowest BCUT2D eigenvalue weighted by Crippen LogP contribution is -2.33. The molecule has 0 radical (unpaired) electrons. The number of hydrogen-bond acceptors (Lipinski definition) is 4. The van der Waals surface area contributed by atoms with Gasteiger partial charge in [-0.25, -0.2) is 13.9 Å². The monoisotopic (exact) mass is 430 g/mol. The Balaban J connectivity index is 1.75. The number of anilines is 1. The maximum absolute atomic E-state index is 13.6. The molecule has 0 amide bonds. The summed E-state index contributed by atoms with van der Waals surface area (Å²) in [5.41, 5.74) is 6.85. The van der Waals surface area contributed by atoms with E-state index in [1.54, 1.807) is 19.2 Å². The van der Waals surface area contributed by atoms with Gasteiger partial charge in [-0.15, -0.1) is 0 Å². The SMILES string of the molecule is COC[C@@H]1CCCN1c1cc(-c2ccc(F)cc2)n2nc(C)c(-c3ccc(C)cc3)c2n1. The Bertz CT molecular complexity index is 1250. The van der Waals surface area contributed by atoms with Crippen molar-refractivity contribution in [1.29, 1.82) is 0 Å². The van der Waals surface area contributed by atoms with Crippen LogP contribution in [0, 0.1) is 19.7 Å². The zero-order chi connectivity index (χ0) is 22.2. The van der Waals surface area contributed by atoms with E-state index in [0.717, 1.165) is 58.9 Å². The van der Waals surface area contributed by atoms with Gasteiger partial charge >= 0.3 is 0 Å². The van der Waals surface area contributed by atoms with Crippen molar-refractivity contribution in [3.63, 3.8) is 0 Å². The molecule has 1 aliphatic rings. The molecular weight excluding hydrogens is 403 g/mol. The fraction of sp³-hybridized carbons (Fsp3) is 0.308. The van der Waals surface area contributed by atoms with Crippen molar-refractivity contribution >= 4 is 11.5 Å². The summed E-state index contributed by atoms with van der Waals surface area (Å²) in [4.78, 5) is 7.44. The normalized spacial score (nSPS) is 16.2. The Hall–Kier alpha value is -3.25. The number of aryl methyl sites for hydroxylation is 2. The Labute approximate surface area is 187 Å². The highest BCUT2D eigenvalue weighted by atomic mass is 19.1. The molecule has 32 heavy (non-hydrogen) atoms. The van der Waals surface area contributed by atoms with Crippen LogP contribution >= 0.6 is 0 Å². The topological polar surface area (TPSA) is 42.7 Å². The second-order valence-corrected chi connectivity index (χ2v) is 8.51. The van der Waals surface area contributed by atoms with E-state index in [9.17, 15) is 4.39 Å². The molecule has 1 saturated heterocycles. The molecule has 164 valence electrons. The molecule has 0 unspecified atom stereocenters. The molecule has 0 spiro atoms. The van der Waals surface area contributed by atoms with E-state index in [-0.39, 0.29) is 5.82 Å². The summed E-state index contributed by atoms with van der Waals surface area (Å²) in [5.74, 6) is 0.653. The second-order valence-electron chi connectivity index (χ2n) is 8.51. The van der Waals surface area contributed by atoms with Crippen LogP contribution in [-0.4, -0.2) is 40.9 Å². The molecule has 0 bridgehead atoms. The van der Waals surface area contributed by atoms with Crippen LogP contribution in [0.15, 0.2) is 54.6 Å². The Morgan fingerprint density at radius 1 is 1.03 bits per heavy atom. The number of rotatable bonds is 5. The third kappa shape index (κ3) is 3.65. The number of fused-ring (bicyclic) bond motifs is 1. The molecule has 3 heterocycles. The van der Waals surface area contributed by atoms with Gasteiger partial charge in [0.25, 0.3) is 0 Å². The maximum atomic E-state index is 13.6. The molecule has 0 saturated carbocycles. The van der Waals surface area contributed by atoms with E-state index in [1.165, 1.54) is 17.7 Å². The van der Waals surface area contributed by atoms with Crippen LogP contribution in [0.5, 0.6) is 0 Å².